The zero-order valence-electron chi connectivity index (χ0n) is 20.7. The third-order valence-corrected chi connectivity index (χ3v) is 8.82. The van der Waals surface area contributed by atoms with Crippen LogP contribution in [0.4, 0.5) is 0 Å². The van der Waals surface area contributed by atoms with E-state index in [1.807, 2.05) is 0 Å². The number of hydrogen-bond donors (Lipinski definition) is 0. The van der Waals surface area contributed by atoms with Crippen LogP contribution in [0.1, 0.15) is 115 Å². The van der Waals surface area contributed by atoms with Crippen molar-refractivity contribution in [1.29, 1.82) is 0 Å². The third-order valence-electron chi connectivity index (χ3n) is 8.82. The summed E-state index contributed by atoms with van der Waals surface area (Å²) >= 11 is 0. The summed E-state index contributed by atoms with van der Waals surface area (Å²) in [6.45, 7) is 11.9. The van der Waals surface area contributed by atoms with Gasteiger partial charge in [0.1, 0.15) is 6.10 Å². The minimum atomic E-state index is -0.556. The minimum absolute atomic E-state index is 0.238. The van der Waals surface area contributed by atoms with Crippen molar-refractivity contribution in [2.75, 3.05) is 6.61 Å². The van der Waals surface area contributed by atoms with Crippen LogP contribution in [0.5, 0.6) is 0 Å². The van der Waals surface area contributed by atoms with E-state index in [1.54, 1.807) is 0 Å². The number of hydrogen-bond acceptors (Lipinski definition) is 3. The van der Waals surface area contributed by atoms with Gasteiger partial charge in [0.2, 0.25) is 5.79 Å². The molecule has 3 heteroatoms. The van der Waals surface area contributed by atoms with Gasteiger partial charge in [-0.25, -0.2) is 9.78 Å². The van der Waals surface area contributed by atoms with Gasteiger partial charge in [-0.1, -0.05) is 90.1 Å². The Labute approximate surface area is 195 Å². The smallest absolute Gasteiger partial charge is 0.201 e. The molecule has 4 rings (SSSR count). The number of rotatable bonds is 5. The molecule has 32 heavy (non-hydrogen) atoms. The van der Waals surface area contributed by atoms with Crippen LogP contribution < -0.4 is 0 Å². The summed E-state index contributed by atoms with van der Waals surface area (Å²) in [6.07, 6.45) is 14.6. The Morgan fingerprint density at radius 1 is 0.969 bits per heavy atom. The van der Waals surface area contributed by atoms with Gasteiger partial charge in [0, 0.05) is 12.8 Å². The molecule has 3 nitrogen and oxygen atoms in total. The minimum Gasteiger partial charge on any atom is -0.344 e. The third kappa shape index (κ3) is 5.48. The van der Waals surface area contributed by atoms with Crippen LogP contribution in [0.15, 0.2) is 30.8 Å². The van der Waals surface area contributed by atoms with E-state index in [-0.39, 0.29) is 6.10 Å². The monoisotopic (exact) mass is 440 g/mol. The van der Waals surface area contributed by atoms with E-state index in [2.05, 4.69) is 51.6 Å². The molecule has 1 spiro atoms. The number of ether oxygens (including phenoxy) is 1. The molecule has 1 unspecified atom stereocenters. The lowest BCUT2D eigenvalue weighted by atomic mass is 9.68. The molecule has 3 aliphatic rings. The van der Waals surface area contributed by atoms with E-state index in [1.165, 1.54) is 56.9 Å². The Morgan fingerprint density at radius 3 is 2.16 bits per heavy atom. The molecule has 0 N–H and O–H groups in total. The summed E-state index contributed by atoms with van der Waals surface area (Å²) in [7, 11) is 0. The second-order valence-electron chi connectivity index (χ2n) is 11.2. The summed E-state index contributed by atoms with van der Waals surface area (Å²) in [4.78, 5) is 11.8. The standard InChI is InChI=1S/C29H44O3/c1-5-28(3,4)26-17-19-29(20-18-26)30-21-27(31-32-29)22(2)23-13-15-25(16-14-23)24-11-9-7-6-8-10-12-24/h13-16,24,26-27H,2,5-12,17-21H2,1,3-4H3. The van der Waals surface area contributed by atoms with Crippen molar-refractivity contribution in [2.24, 2.45) is 11.3 Å². The van der Waals surface area contributed by atoms with Gasteiger partial charge < -0.3 is 4.74 Å². The van der Waals surface area contributed by atoms with E-state index < -0.39 is 5.79 Å². The summed E-state index contributed by atoms with van der Waals surface area (Å²) in [5.41, 5.74) is 3.94. The summed E-state index contributed by atoms with van der Waals surface area (Å²) in [5.74, 6) is 0.886. The second kappa shape index (κ2) is 10.4. The van der Waals surface area contributed by atoms with Gasteiger partial charge in [0.25, 0.3) is 0 Å². The predicted octanol–water partition coefficient (Wildman–Crippen LogP) is 8.20. The molecule has 1 heterocycles. The van der Waals surface area contributed by atoms with E-state index in [4.69, 9.17) is 14.5 Å². The molecule has 1 atom stereocenters. The van der Waals surface area contributed by atoms with Gasteiger partial charge in [0.15, 0.2) is 0 Å². The highest BCUT2D eigenvalue weighted by atomic mass is 17.2. The van der Waals surface area contributed by atoms with Gasteiger partial charge >= 0.3 is 0 Å². The maximum Gasteiger partial charge on any atom is 0.201 e. The lowest BCUT2D eigenvalue weighted by Crippen LogP contribution is -2.48. The molecule has 0 bridgehead atoms. The Kier molecular flexibility index (Phi) is 7.80. The lowest BCUT2D eigenvalue weighted by molar-refractivity contribution is -0.484. The maximum atomic E-state index is 6.29. The van der Waals surface area contributed by atoms with E-state index in [9.17, 15) is 0 Å². The molecular weight excluding hydrogens is 396 g/mol. The first-order valence-corrected chi connectivity index (χ1v) is 13.2. The Balaban J connectivity index is 1.30. The van der Waals surface area contributed by atoms with Gasteiger partial charge in [-0.05, 0) is 59.6 Å². The predicted molar refractivity (Wildman–Crippen MR) is 131 cm³/mol. The average molecular weight is 441 g/mol. The fraction of sp³-hybridized carbons (Fsp3) is 0.724. The highest BCUT2D eigenvalue weighted by Gasteiger charge is 2.45. The molecule has 2 saturated carbocycles. The normalized spacial score (nSPS) is 30.6. The molecule has 1 aromatic carbocycles. The van der Waals surface area contributed by atoms with Crippen LogP contribution in [0.25, 0.3) is 5.57 Å². The summed E-state index contributed by atoms with van der Waals surface area (Å²) < 4.78 is 6.29. The van der Waals surface area contributed by atoms with Gasteiger partial charge in [-0.2, -0.15) is 0 Å². The van der Waals surface area contributed by atoms with Crippen LogP contribution in [0.2, 0.25) is 0 Å². The first-order valence-electron chi connectivity index (χ1n) is 13.2. The van der Waals surface area contributed by atoms with Crippen molar-refractivity contribution >= 4 is 5.57 Å². The van der Waals surface area contributed by atoms with Gasteiger partial charge in [-0.15, -0.1) is 0 Å². The molecule has 0 radical (unpaired) electrons. The zero-order chi connectivity index (χ0) is 22.6. The molecule has 1 aliphatic heterocycles. The summed E-state index contributed by atoms with van der Waals surface area (Å²) in [5, 5.41) is 0. The highest BCUT2D eigenvalue weighted by molar-refractivity contribution is 5.67. The van der Waals surface area contributed by atoms with Crippen LogP contribution in [0, 0.1) is 11.3 Å². The van der Waals surface area contributed by atoms with Crippen LogP contribution >= 0.6 is 0 Å². The fourth-order valence-corrected chi connectivity index (χ4v) is 5.88. The van der Waals surface area contributed by atoms with E-state index >= 15 is 0 Å². The molecule has 0 aromatic heterocycles. The van der Waals surface area contributed by atoms with Crippen LogP contribution in [0.3, 0.4) is 0 Å². The lowest BCUT2D eigenvalue weighted by Gasteiger charge is -2.46. The van der Waals surface area contributed by atoms with Crippen molar-refractivity contribution in [1.82, 2.24) is 0 Å². The first-order chi connectivity index (χ1) is 15.4. The molecular formula is C29H44O3. The van der Waals surface area contributed by atoms with Crippen molar-refractivity contribution < 1.29 is 14.5 Å². The second-order valence-corrected chi connectivity index (χ2v) is 11.2. The first kappa shape index (κ1) is 24.0. The van der Waals surface area contributed by atoms with Crippen molar-refractivity contribution in [3.63, 3.8) is 0 Å². The van der Waals surface area contributed by atoms with Crippen molar-refractivity contribution in [3.05, 3.63) is 42.0 Å². The SMILES string of the molecule is C=C(c1ccc(C2CCCCCCC2)cc1)C1COC2(CCC(C(C)(C)CC)CC2)OO1. The topological polar surface area (TPSA) is 27.7 Å². The molecule has 1 aromatic rings. The van der Waals surface area contributed by atoms with Gasteiger partial charge in [0.05, 0.1) is 6.61 Å². The molecule has 178 valence electrons. The Hall–Kier alpha value is -1.16. The quantitative estimate of drug-likeness (QED) is 0.432. The van der Waals surface area contributed by atoms with Crippen molar-refractivity contribution in [2.45, 2.75) is 116 Å². The average Bonchev–Trinajstić information content (AvgIpc) is 2.80. The zero-order valence-corrected chi connectivity index (χ0v) is 20.7. The fourth-order valence-electron chi connectivity index (χ4n) is 5.88. The molecule has 1 saturated heterocycles. The van der Waals surface area contributed by atoms with Crippen LogP contribution in [-0.4, -0.2) is 18.5 Å². The van der Waals surface area contributed by atoms with Gasteiger partial charge in [-0.3, -0.25) is 0 Å². The summed E-state index contributed by atoms with van der Waals surface area (Å²) in [6, 6.07) is 9.02. The molecule has 0 amide bonds. The molecule has 3 fully saturated rings. The van der Waals surface area contributed by atoms with Crippen molar-refractivity contribution in [3.8, 4) is 0 Å². The van der Waals surface area contributed by atoms with E-state index in [0.29, 0.717) is 17.9 Å². The molecule has 2 aliphatic carbocycles. The Morgan fingerprint density at radius 2 is 1.59 bits per heavy atom. The maximum absolute atomic E-state index is 6.29. The largest absolute Gasteiger partial charge is 0.344 e. The van der Waals surface area contributed by atoms with E-state index in [0.717, 1.165) is 42.7 Å². The number of benzene rings is 1. The Bertz CT molecular complexity index is 724. The van der Waals surface area contributed by atoms with Crippen LogP contribution in [-0.2, 0) is 14.5 Å². The highest BCUT2D eigenvalue weighted by Crippen LogP contribution is 2.46.